The summed E-state index contributed by atoms with van der Waals surface area (Å²) in [6.45, 7) is 8.73. The Labute approximate surface area is 207 Å². The number of hydrogen-bond acceptors (Lipinski definition) is 4. The van der Waals surface area contributed by atoms with E-state index in [1.807, 2.05) is 55.5 Å². The fourth-order valence-corrected chi connectivity index (χ4v) is 4.96. The molecule has 35 heavy (non-hydrogen) atoms. The monoisotopic (exact) mass is 476 g/mol. The molecule has 4 atom stereocenters. The lowest BCUT2D eigenvalue weighted by molar-refractivity contribution is -0.130. The van der Waals surface area contributed by atoms with Gasteiger partial charge in [0.2, 0.25) is 5.91 Å². The van der Waals surface area contributed by atoms with E-state index in [1.165, 1.54) is 5.01 Å². The average molecular weight is 477 g/mol. The average Bonchev–Trinajstić information content (AvgIpc) is 3.31. The van der Waals surface area contributed by atoms with Crippen molar-refractivity contribution in [1.29, 1.82) is 0 Å². The molecule has 4 rings (SSSR count). The highest BCUT2D eigenvalue weighted by Crippen LogP contribution is 2.39. The highest BCUT2D eigenvalue weighted by atomic mass is 16.2. The van der Waals surface area contributed by atoms with Gasteiger partial charge in [0.1, 0.15) is 6.04 Å². The van der Waals surface area contributed by atoms with E-state index in [0.29, 0.717) is 17.5 Å². The quantitative estimate of drug-likeness (QED) is 0.568. The summed E-state index contributed by atoms with van der Waals surface area (Å²) in [5.41, 5.74) is 6.16. The van der Waals surface area contributed by atoms with Crippen LogP contribution in [0.3, 0.4) is 0 Å². The fraction of sp³-hybridized carbons (Fsp3) is 0.464. The Morgan fingerprint density at radius 3 is 2.49 bits per heavy atom. The molecule has 1 saturated heterocycles. The van der Waals surface area contributed by atoms with Crippen LogP contribution in [0.15, 0.2) is 48.5 Å². The Bertz CT molecular complexity index is 1100. The van der Waals surface area contributed by atoms with E-state index in [-0.39, 0.29) is 17.9 Å². The third-order valence-electron chi connectivity index (χ3n) is 7.12. The van der Waals surface area contributed by atoms with E-state index in [2.05, 4.69) is 29.9 Å². The topological polar surface area (TPSA) is 90.5 Å². The number of nitrogens with one attached hydrogen (secondary N) is 3. The number of nitrogens with zero attached hydrogens (tertiary/aromatic N) is 1. The molecule has 0 bridgehead atoms. The minimum Gasteiger partial charge on any atom is -0.343 e. The first-order valence-corrected chi connectivity index (χ1v) is 12.6. The van der Waals surface area contributed by atoms with Gasteiger partial charge in [0.25, 0.3) is 11.8 Å². The molecule has 186 valence electrons. The number of para-hydroxylation sites is 1. The van der Waals surface area contributed by atoms with Crippen molar-refractivity contribution in [3.63, 3.8) is 0 Å². The molecule has 0 radical (unpaired) electrons. The van der Waals surface area contributed by atoms with Crippen LogP contribution in [-0.4, -0.2) is 36.3 Å². The maximum absolute atomic E-state index is 13.4. The van der Waals surface area contributed by atoms with Crippen LogP contribution in [0.2, 0.25) is 0 Å². The highest BCUT2D eigenvalue weighted by molar-refractivity contribution is 6.06. The van der Waals surface area contributed by atoms with Gasteiger partial charge in [-0.1, -0.05) is 62.7 Å². The number of rotatable bonds is 7. The summed E-state index contributed by atoms with van der Waals surface area (Å²) in [5, 5.41) is 7.45. The number of amides is 3. The van der Waals surface area contributed by atoms with Crippen molar-refractivity contribution in [2.45, 2.75) is 65.0 Å². The molecule has 2 aromatic carbocycles. The summed E-state index contributed by atoms with van der Waals surface area (Å²) in [5.74, 6) is -0.147. The standard InChI is InChI=1S/C28H36N4O3/c1-17(2)13-14-20-15-24(29-16-20)27(34)30-19(4)26(33)31-32-25-12-8-7-11-23(25)22-10-6-5-9-21(22)18(3)28(32)35/h5-12,17-20,24,29H,13-16H2,1-4H3,(H,30,34)(H,31,33)/t18?,19-,20+,24-/m0/s1. The predicted molar refractivity (Wildman–Crippen MR) is 137 cm³/mol. The van der Waals surface area contributed by atoms with Gasteiger partial charge in [0, 0.05) is 5.56 Å². The number of hydrogen-bond donors (Lipinski definition) is 3. The zero-order valence-corrected chi connectivity index (χ0v) is 21.0. The normalized spacial score (nSPS) is 22.3. The molecular formula is C28H36N4O3. The van der Waals surface area contributed by atoms with Gasteiger partial charge in [0.15, 0.2) is 0 Å². The van der Waals surface area contributed by atoms with Gasteiger partial charge >= 0.3 is 0 Å². The number of fused-ring (bicyclic) bond motifs is 3. The van der Waals surface area contributed by atoms with Crippen LogP contribution >= 0.6 is 0 Å². The first kappa shape index (κ1) is 24.9. The summed E-state index contributed by atoms with van der Waals surface area (Å²) in [7, 11) is 0. The van der Waals surface area contributed by atoms with Crippen molar-refractivity contribution >= 4 is 23.4 Å². The summed E-state index contributed by atoms with van der Waals surface area (Å²) in [6, 6.07) is 14.3. The zero-order valence-electron chi connectivity index (χ0n) is 21.0. The molecule has 1 unspecified atom stereocenters. The van der Waals surface area contributed by atoms with Crippen LogP contribution in [0.5, 0.6) is 0 Å². The predicted octanol–water partition coefficient (Wildman–Crippen LogP) is 3.75. The fourth-order valence-electron chi connectivity index (χ4n) is 4.96. The van der Waals surface area contributed by atoms with Gasteiger partial charge in [-0.25, -0.2) is 5.01 Å². The lowest BCUT2D eigenvalue weighted by Gasteiger charge is -2.27. The summed E-state index contributed by atoms with van der Waals surface area (Å²) < 4.78 is 0. The number of carbonyl (C=O) groups is 3. The Kier molecular flexibility index (Phi) is 7.55. The minimum absolute atomic E-state index is 0.178. The lowest BCUT2D eigenvalue weighted by atomic mass is 9.92. The van der Waals surface area contributed by atoms with Gasteiger partial charge in [-0.15, -0.1) is 0 Å². The molecule has 2 heterocycles. The van der Waals surface area contributed by atoms with Crippen molar-refractivity contribution in [2.75, 3.05) is 11.6 Å². The van der Waals surface area contributed by atoms with E-state index in [0.717, 1.165) is 42.5 Å². The van der Waals surface area contributed by atoms with Crippen LogP contribution in [0.4, 0.5) is 5.69 Å². The first-order chi connectivity index (χ1) is 16.8. The van der Waals surface area contributed by atoms with Crippen LogP contribution in [0.1, 0.15) is 58.4 Å². The third kappa shape index (κ3) is 5.40. The smallest absolute Gasteiger partial charge is 0.261 e. The Hall–Kier alpha value is -3.19. The van der Waals surface area contributed by atoms with Crippen LogP contribution in [0, 0.1) is 11.8 Å². The van der Waals surface area contributed by atoms with Crippen molar-refractivity contribution in [3.8, 4) is 11.1 Å². The van der Waals surface area contributed by atoms with E-state index >= 15 is 0 Å². The molecule has 3 amide bonds. The van der Waals surface area contributed by atoms with E-state index in [1.54, 1.807) is 6.92 Å². The van der Waals surface area contributed by atoms with E-state index in [4.69, 9.17) is 0 Å². The zero-order chi connectivity index (χ0) is 25.1. The Balaban J connectivity index is 1.44. The minimum atomic E-state index is -0.792. The second-order valence-corrected chi connectivity index (χ2v) is 10.2. The van der Waals surface area contributed by atoms with Gasteiger partial charge in [0.05, 0.1) is 17.6 Å². The van der Waals surface area contributed by atoms with Crippen molar-refractivity contribution in [3.05, 3.63) is 54.1 Å². The van der Waals surface area contributed by atoms with Crippen LogP contribution in [0.25, 0.3) is 11.1 Å². The Morgan fingerprint density at radius 2 is 1.74 bits per heavy atom. The highest BCUT2D eigenvalue weighted by Gasteiger charge is 2.34. The SMILES string of the molecule is CC(C)CC[C@H]1CN[C@H](C(=O)N[C@@H](C)C(=O)NN2C(=O)C(C)c3ccccc3-c3ccccc32)C1. The van der Waals surface area contributed by atoms with Crippen molar-refractivity contribution < 1.29 is 14.4 Å². The molecule has 2 aliphatic rings. The lowest BCUT2D eigenvalue weighted by Crippen LogP contribution is -2.55. The maximum Gasteiger partial charge on any atom is 0.261 e. The maximum atomic E-state index is 13.4. The summed E-state index contributed by atoms with van der Waals surface area (Å²) in [6.07, 6.45) is 3.02. The van der Waals surface area contributed by atoms with Gasteiger partial charge in [-0.2, -0.15) is 0 Å². The molecule has 0 saturated carbocycles. The molecule has 2 aliphatic heterocycles. The molecule has 0 aliphatic carbocycles. The molecule has 0 spiro atoms. The van der Waals surface area contributed by atoms with Gasteiger partial charge < -0.3 is 10.6 Å². The molecule has 7 nitrogen and oxygen atoms in total. The van der Waals surface area contributed by atoms with E-state index in [9.17, 15) is 14.4 Å². The second-order valence-electron chi connectivity index (χ2n) is 10.2. The summed E-state index contributed by atoms with van der Waals surface area (Å²) >= 11 is 0. The third-order valence-corrected chi connectivity index (χ3v) is 7.12. The van der Waals surface area contributed by atoms with Gasteiger partial charge in [-0.05, 0) is 62.3 Å². The van der Waals surface area contributed by atoms with E-state index < -0.39 is 17.9 Å². The first-order valence-electron chi connectivity index (χ1n) is 12.6. The molecule has 0 aromatic heterocycles. The molecule has 2 aromatic rings. The number of carbonyl (C=O) groups excluding carboxylic acids is 3. The van der Waals surface area contributed by atoms with Crippen molar-refractivity contribution in [2.24, 2.45) is 11.8 Å². The second kappa shape index (κ2) is 10.6. The number of hydrazine groups is 1. The molecular weight excluding hydrogens is 440 g/mol. The summed E-state index contributed by atoms with van der Waals surface area (Å²) in [4.78, 5) is 39.4. The number of anilines is 1. The largest absolute Gasteiger partial charge is 0.343 e. The Morgan fingerprint density at radius 1 is 1.06 bits per heavy atom. The van der Waals surface area contributed by atoms with Crippen molar-refractivity contribution in [1.82, 2.24) is 16.1 Å². The number of benzene rings is 2. The van der Waals surface area contributed by atoms with Crippen LogP contribution < -0.4 is 21.1 Å². The molecule has 1 fully saturated rings. The van der Waals surface area contributed by atoms with Crippen LogP contribution in [-0.2, 0) is 14.4 Å². The molecule has 3 N–H and O–H groups in total. The van der Waals surface area contributed by atoms with Gasteiger partial charge in [-0.3, -0.25) is 19.8 Å². The molecule has 7 heteroatoms.